The van der Waals surface area contributed by atoms with Crippen LogP contribution in [0.2, 0.25) is 0 Å². The van der Waals surface area contributed by atoms with Gasteiger partial charge in [0.05, 0.1) is 0 Å². The minimum Gasteiger partial charge on any atom is -0.352 e. The Balaban J connectivity index is 2.04. The third kappa shape index (κ3) is 2.36. The lowest BCUT2D eigenvalue weighted by atomic mass is 10.2. The van der Waals surface area contributed by atoms with Gasteiger partial charge >= 0.3 is 0 Å². The van der Waals surface area contributed by atoms with Crippen LogP contribution in [0.5, 0.6) is 0 Å². The van der Waals surface area contributed by atoms with Gasteiger partial charge in [0.25, 0.3) is 0 Å². The van der Waals surface area contributed by atoms with Crippen LogP contribution in [0, 0.1) is 18.6 Å². The van der Waals surface area contributed by atoms with Crippen molar-refractivity contribution in [2.24, 2.45) is 0 Å². The molecule has 2 rings (SSSR count). The minimum atomic E-state index is -0.574. The third-order valence-electron chi connectivity index (χ3n) is 2.16. The number of aromatic amines is 1. The lowest BCUT2D eigenvalue weighted by molar-refractivity contribution is 0.574. The average Bonchev–Trinajstić information content (AvgIpc) is 2.63. The van der Waals surface area contributed by atoms with E-state index in [1.54, 1.807) is 6.20 Å². The number of H-pyrrole nitrogens is 1. The maximum absolute atomic E-state index is 13.2. The van der Waals surface area contributed by atoms with Crippen LogP contribution in [0.3, 0.4) is 0 Å². The number of aryl methyl sites for hydroxylation is 1. The summed E-state index contributed by atoms with van der Waals surface area (Å²) in [5.74, 6) is -0.563. The van der Waals surface area contributed by atoms with Crippen molar-refractivity contribution in [3.8, 4) is 0 Å². The summed E-state index contributed by atoms with van der Waals surface area (Å²) < 4.78 is 25.9. The van der Waals surface area contributed by atoms with E-state index in [9.17, 15) is 8.78 Å². The van der Waals surface area contributed by atoms with Crippen molar-refractivity contribution in [1.82, 2.24) is 9.97 Å². The number of hydrogen-bond donors (Lipinski definition) is 2. The number of anilines is 1. The third-order valence-corrected chi connectivity index (χ3v) is 2.16. The van der Waals surface area contributed by atoms with Crippen molar-refractivity contribution in [2.75, 3.05) is 5.32 Å². The van der Waals surface area contributed by atoms with Crippen LogP contribution in [-0.2, 0) is 6.54 Å². The van der Waals surface area contributed by atoms with Crippen molar-refractivity contribution in [3.05, 3.63) is 47.3 Å². The van der Waals surface area contributed by atoms with Gasteiger partial charge in [0.2, 0.25) is 5.95 Å². The highest BCUT2D eigenvalue weighted by Crippen LogP contribution is 2.11. The number of nitrogens with one attached hydrogen (secondary N) is 2. The molecule has 0 saturated carbocycles. The molecule has 0 spiro atoms. The second-order valence-electron chi connectivity index (χ2n) is 3.50. The van der Waals surface area contributed by atoms with Crippen LogP contribution in [0.15, 0.2) is 24.4 Å². The van der Waals surface area contributed by atoms with E-state index < -0.39 is 11.6 Å². The molecule has 1 aromatic carbocycles. The molecule has 3 nitrogen and oxygen atoms in total. The molecule has 0 bridgehead atoms. The van der Waals surface area contributed by atoms with Gasteiger partial charge < -0.3 is 10.3 Å². The predicted molar refractivity (Wildman–Crippen MR) is 57.0 cm³/mol. The predicted octanol–water partition coefficient (Wildman–Crippen LogP) is 2.61. The van der Waals surface area contributed by atoms with Gasteiger partial charge in [-0.2, -0.15) is 0 Å². The molecule has 0 aliphatic heterocycles. The van der Waals surface area contributed by atoms with Crippen molar-refractivity contribution < 1.29 is 8.78 Å². The maximum atomic E-state index is 13.2. The molecule has 0 unspecified atom stereocenters. The van der Waals surface area contributed by atoms with Crippen molar-refractivity contribution >= 4 is 5.95 Å². The van der Waals surface area contributed by atoms with Gasteiger partial charge in [-0.25, -0.2) is 13.8 Å². The lowest BCUT2D eigenvalue weighted by Gasteiger charge is -2.04. The molecule has 0 aliphatic rings. The van der Waals surface area contributed by atoms with Crippen molar-refractivity contribution in [3.63, 3.8) is 0 Å². The quantitative estimate of drug-likeness (QED) is 0.839. The highest BCUT2D eigenvalue weighted by Gasteiger charge is 2.04. The summed E-state index contributed by atoms with van der Waals surface area (Å²) in [6, 6.07) is 3.51. The summed E-state index contributed by atoms with van der Waals surface area (Å²) in [5.41, 5.74) is 1.32. The summed E-state index contributed by atoms with van der Waals surface area (Å²) in [4.78, 5) is 6.97. The van der Waals surface area contributed by atoms with Gasteiger partial charge in [0.1, 0.15) is 11.6 Å². The average molecular weight is 223 g/mol. The van der Waals surface area contributed by atoms with E-state index >= 15 is 0 Å². The zero-order valence-electron chi connectivity index (χ0n) is 8.72. The molecule has 0 fully saturated rings. The van der Waals surface area contributed by atoms with Crippen LogP contribution in [0.25, 0.3) is 0 Å². The highest BCUT2D eigenvalue weighted by molar-refractivity contribution is 5.29. The van der Waals surface area contributed by atoms with E-state index in [1.165, 1.54) is 12.1 Å². The first kappa shape index (κ1) is 10.6. The van der Waals surface area contributed by atoms with Crippen LogP contribution < -0.4 is 5.32 Å². The van der Waals surface area contributed by atoms with Gasteiger partial charge in [0, 0.05) is 30.1 Å². The number of hydrogen-bond acceptors (Lipinski definition) is 2. The fourth-order valence-corrected chi connectivity index (χ4v) is 1.35. The van der Waals surface area contributed by atoms with Gasteiger partial charge in [-0.1, -0.05) is 6.07 Å². The SMILES string of the molecule is Cc1cnc(NCc2ccc(F)cc2F)[nH]1. The molecular formula is C11H11F2N3. The Morgan fingerprint density at radius 2 is 2.19 bits per heavy atom. The van der Waals surface area contributed by atoms with Crippen molar-refractivity contribution in [1.29, 1.82) is 0 Å². The largest absolute Gasteiger partial charge is 0.352 e. The van der Waals surface area contributed by atoms with E-state index in [0.717, 1.165) is 11.8 Å². The zero-order chi connectivity index (χ0) is 11.5. The number of nitrogens with zero attached hydrogens (tertiary/aromatic N) is 1. The molecule has 2 aromatic rings. The fraction of sp³-hybridized carbons (Fsp3) is 0.182. The lowest BCUT2D eigenvalue weighted by Crippen LogP contribution is -2.03. The first-order valence-electron chi connectivity index (χ1n) is 4.84. The zero-order valence-corrected chi connectivity index (χ0v) is 8.72. The number of aromatic nitrogens is 2. The Morgan fingerprint density at radius 1 is 1.38 bits per heavy atom. The molecule has 84 valence electrons. The topological polar surface area (TPSA) is 40.7 Å². The summed E-state index contributed by atoms with van der Waals surface area (Å²) >= 11 is 0. The Kier molecular flexibility index (Phi) is 2.85. The molecule has 0 amide bonds. The van der Waals surface area contributed by atoms with Crippen LogP contribution in [-0.4, -0.2) is 9.97 Å². The second-order valence-corrected chi connectivity index (χ2v) is 3.50. The molecule has 0 atom stereocenters. The summed E-state index contributed by atoms with van der Waals surface area (Å²) in [5, 5.41) is 2.91. The standard InChI is InChI=1S/C11H11F2N3/c1-7-5-14-11(16-7)15-6-8-2-3-9(12)4-10(8)13/h2-5H,6H2,1H3,(H2,14,15,16). The summed E-state index contributed by atoms with van der Waals surface area (Å²) in [7, 11) is 0. The molecule has 1 heterocycles. The molecule has 0 aliphatic carbocycles. The van der Waals surface area contributed by atoms with E-state index in [2.05, 4.69) is 15.3 Å². The highest BCUT2D eigenvalue weighted by atomic mass is 19.1. The van der Waals surface area contributed by atoms with Crippen LogP contribution in [0.4, 0.5) is 14.7 Å². The molecule has 1 aromatic heterocycles. The minimum absolute atomic E-state index is 0.263. The summed E-state index contributed by atoms with van der Waals surface area (Å²) in [6.45, 7) is 2.13. The second kappa shape index (κ2) is 4.30. The number of rotatable bonds is 3. The van der Waals surface area contributed by atoms with Gasteiger partial charge in [0.15, 0.2) is 0 Å². The van der Waals surface area contributed by atoms with E-state index in [-0.39, 0.29) is 6.54 Å². The fourth-order valence-electron chi connectivity index (χ4n) is 1.35. The Hall–Kier alpha value is -1.91. The number of imidazole rings is 1. The van der Waals surface area contributed by atoms with Gasteiger partial charge in [-0.05, 0) is 13.0 Å². The molecule has 0 radical (unpaired) electrons. The molecule has 16 heavy (non-hydrogen) atoms. The first-order chi connectivity index (χ1) is 7.65. The molecular weight excluding hydrogens is 212 g/mol. The first-order valence-corrected chi connectivity index (χ1v) is 4.84. The number of halogens is 2. The number of benzene rings is 1. The van der Waals surface area contributed by atoms with Gasteiger partial charge in [-0.15, -0.1) is 0 Å². The van der Waals surface area contributed by atoms with Gasteiger partial charge in [-0.3, -0.25) is 0 Å². The van der Waals surface area contributed by atoms with E-state index in [1.807, 2.05) is 6.92 Å². The van der Waals surface area contributed by atoms with Crippen LogP contribution >= 0.6 is 0 Å². The normalized spacial score (nSPS) is 10.4. The smallest absolute Gasteiger partial charge is 0.200 e. The molecule has 5 heteroatoms. The van der Waals surface area contributed by atoms with Crippen LogP contribution in [0.1, 0.15) is 11.3 Å². The molecule has 2 N–H and O–H groups in total. The van der Waals surface area contributed by atoms with Crippen molar-refractivity contribution in [2.45, 2.75) is 13.5 Å². The Bertz CT molecular complexity index is 494. The maximum Gasteiger partial charge on any atom is 0.200 e. The van der Waals surface area contributed by atoms with E-state index in [4.69, 9.17) is 0 Å². The van der Waals surface area contributed by atoms with E-state index in [0.29, 0.717) is 11.5 Å². The monoisotopic (exact) mass is 223 g/mol. The Labute approximate surface area is 91.5 Å². The molecule has 0 saturated heterocycles. The Morgan fingerprint density at radius 3 is 2.81 bits per heavy atom. The summed E-state index contributed by atoms with van der Waals surface area (Å²) in [6.07, 6.45) is 1.67.